The number of carbonyl (C=O) groups excluding carboxylic acids is 2. The molecule has 37 heavy (non-hydrogen) atoms. The molecule has 0 aliphatic carbocycles. The highest BCUT2D eigenvalue weighted by Gasteiger charge is 2.44. The number of carbonyl (C=O) groups is 3. The molecule has 3 atom stereocenters. The molecule has 7 nitrogen and oxygen atoms in total. The van der Waals surface area contributed by atoms with Gasteiger partial charge < -0.3 is 19.8 Å². The molecule has 0 saturated heterocycles. The third-order valence-electron chi connectivity index (χ3n) is 6.47. The van der Waals surface area contributed by atoms with E-state index in [1.807, 2.05) is 63.2 Å². The molecule has 1 aliphatic rings. The minimum Gasteiger partial charge on any atom is -0.479 e. The smallest absolute Gasteiger partial charge is 0.343 e. The summed E-state index contributed by atoms with van der Waals surface area (Å²) < 4.78 is 6.41. The minimum absolute atomic E-state index is 0.312. The largest absolute Gasteiger partial charge is 0.479 e. The molecule has 3 unspecified atom stereocenters. The van der Waals surface area contributed by atoms with Gasteiger partial charge in [-0.2, -0.15) is 0 Å². The number of ether oxygens (including phenoxy) is 1. The fourth-order valence-corrected chi connectivity index (χ4v) is 4.73. The average molecular weight is 524 g/mol. The Morgan fingerprint density at radius 3 is 2.35 bits per heavy atom. The zero-order valence-corrected chi connectivity index (χ0v) is 22.0. The van der Waals surface area contributed by atoms with Crippen molar-refractivity contribution in [2.24, 2.45) is 5.41 Å². The van der Waals surface area contributed by atoms with Gasteiger partial charge in [-0.05, 0) is 46.9 Å². The van der Waals surface area contributed by atoms with E-state index in [2.05, 4.69) is 0 Å². The number of ketones is 1. The lowest BCUT2D eigenvalue weighted by Crippen LogP contribution is -2.49. The van der Waals surface area contributed by atoms with Crippen LogP contribution >= 0.6 is 11.6 Å². The summed E-state index contributed by atoms with van der Waals surface area (Å²) in [6.07, 6.45) is -2.74. The van der Waals surface area contributed by atoms with Crippen molar-refractivity contribution in [3.05, 3.63) is 76.8 Å². The maximum atomic E-state index is 13.9. The van der Waals surface area contributed by atoms with Gasteiger partial charge >= 0.3 is 5.97 Å². The van der Waals surface area contributed by atoms with Crippen LogP contribution in [0.15, 0.2) is 60.7 Å². The maximum absolute atomic E-state index is 13.9. The lowest BCUT2D eigenvalue weighted by atomic mass is 9.93. The maximum Gasteiger partial charge on any atom is 0.343 e. The lowest BCUT2D eigenvalue weighted by molar-refractivity contribution is -0.165. The van der Waals surface area contributed by atoms with Gasteiger partial charge in [-0.3, -0.25) is 9.59 Å². The molecule has 1 heterocycles. The highest BCUT2D eigenvalue weighted by molar-refractivity contribution is 6.30. The van der Waals surface area contributed by atoms with Crippen LogP contribution < -0.4 is 4.90 Å². The van der Waals surface area contributed by atoms with Crippen LogP contribution in [0.2, 0.25) is 5.02 Å². The van der Waals surface area contributed by atoms with Crippen molar-refractivity contribution in [3.8, 4) is 0 Å². The lowest BCUT2D eigenvalue weighted by Gasteiger charge is -2.31. The number of hydrogen-bond donors (Lipinski definition) is 2. The topological polar surface area (TPSA) is 104 Å². The van der Waals surface area contributed by atoms with Crippen LogP contribution in [0, 0.1) is 5.41 Å². The normalized spacial score (nSPS) is 19.7. The molecule has 0 aromatic heterocycles. The number of carboxylic acid groups (broad SMARTS) is 1. The number of amides is 1. The summed E-state index contributed by atoms with van der Waals surface area (Å²) >= 11 is 6.42. The number of anilines is 1. The number of hydrogen-bond acceptors (Lipinski definition) is 5. The van der Waals surface area contributed by atoms with E-state index >= 15 is 0 Å². The van der Waals surface area contributed by atoms with Gasteiger partial charge in [0.2, 0.25) is 5.60 Å². The first-order valence-corrected chi connectivity index (χ1v) is 12.4. The summed E-state index contributed by atoms with van der Waals surface area (Å²) in [6, 6.07) is 18.7. The molecule has 0 radical (unpaired) electrons. The van der Waals surface area contributed by atoms with Crippen LogP contribution in [-0.4, -0.2) is 46.1 Å². The van der Waals surface area contributed by atoms with E-state index in [0.717, 1.165) is 23.3 Å². The van der Waals surface area contributed by atoms with Crippen LogP contribution in [0.1, 0.15) is 51.3 Å². The molecule has 0 bridgehead atoms. The Bertz CT molecular complexity index is 1370. The Kier molecular flexibility index (Phi) is 7.16. The number of rotatable bonds is 6. The summed E-state index contributed by atoms with van der Waals surface area (Å²) in [6.45, 7) is 7.17. The molecule has 194 valence electrons. The highest BCUT2D eigenvalue weighted by atomic mass is 35.5. The number of benzene rings is 3. The van der Waals surface area contributed by atoms with Crippen molar-refractivity contribution >= 4 is 45.7 Å². The van der Waals surface area contributed by atoms with Crippen LogP contribution in [0.3, 0.4) is 0 Å². The van der Waals surface area contributed by atoms with Gasteiger partial charge in [-0.25, -0.2) is 4.79 Å². The molecule has 4 rings (SSSR count). The summed E-state index contributed by atoms with van der Waals surface area (Å²) in [5.41, 5.74) is -0.943. The molecule has 3 aromatic carbocycles. The second-order valence-corrected chi connectivity index (χ2v) is 11.2. The average Bonchev–Trinajstić information content (AvgIpc) is 2.93. The van der Waals surface area contributed by atoms with E-state index in [-0.39, 0.29) is 5.41 Å². The molecule has 0 saturated carbocycles. The van der Waals surface area contributed by atoms with Crippen LogP contribution in [-0.2, 0) is 19.1 Å². The van der Waals surface area contributed by atoms with Crippen molar-refractivity contribution in [1.29, 1.82) is 0 Å². The van der Waals surface area contributed by atoms with Crippen molar-refractivity contribution < 1.29 is 29.3 Å². The number of carboxylic acids is 1. The van der Waals surface area contributed by atoms with E-state index in [1.54, 1.807) is 23.1 Å². The second kappa shape index (κ2) is 9.89. The Balaban J connectivity index is 1.92. The number of nitrogens with zero attached hydrogens (tertiary/aromatic N) is 1. The van der Waals surface area contributed by atoms with E-state index in [4.69, 9.17) is 16.3 Å². The molecular weight excluding hydrogens is 494 g/mol. The molecule has 0 spiro atoms. The monoisotopic (exact) mass is 523 g/mol. The van der Waals surface area contributed by atoms with Crippen molar-refractivity contribution in [2.45, 2.75) is 51.9 Å². The zero-order chi connectivity index (χ0) is 27.1. The number of aliphatic hydroxyl groups is 1. The Hall–Kier alpha value is -3.26. The van der Waals surface area contributed by atoms with E-state index in [1.165, 1.54) is 0 Å². The molecular formula is C29H30ClNO6. The third kappa shape index (κ3) is 5.39. The van der Waals surface area contributed by atoms with Gasteiger partial charge in [0.05, 0.1) is 0 Å². The van der Waals surface area contributed by atoms with Gasteiger partial charge in [0.25, 0.3) is 5.91 Å². The summed E-state index contributed by atoms with van der Waals surface area (Å²) in [5, 5.41) is 22.0. The van der Waals surface area contributed by atoms with Crippen LogP contribution in [0.4, 0.5) is 5.69 Å². The summed E-state index contributed by atoms with van der Waals surface area (Å²) in [4.78, 5) is 39.9. The minimum atomic E-state index is -2.66. The number of halogens is 1. The molecule has 8 heteroatoms. The number of Topliss-reactive ketones (excluding diaryl/α,β-unsaturated/α-hetero) is 1. The van der Waals surface area contributed by atoms with Crippen molar-refractivity contribution in [3.63, 3.8) is 0 Å². The molecule has 1 amide bonds. The van der Waals surface area contributed by atoms with Gasteiger partial charge in [-0.15, -0.1) is 0 Å². The zero-order valence-electron chi connectivity index (χ0n) is 21.2. The molecule has 3 aromatic rings. The van der Waals surface area contributed by atoms with E-state index in [9.17, 15) is 24.6 Å². The fourth-order valence-electron chi connectivity index (χ4n) is 4.55. The fraction of sp³-hybridized carbons (Fsp3) is 0.345. The first kappa shape index (κ1) is 26.8. The van der Waals surface area contributed by atoms with Crippen molar-refractivity contribution in [1.82, 2.24) is 0 Å². The predicted molar refractivity (Wildman–Crippen MR) is 142 cm³/mol. The number of aliphatic carboxylic acids is 1. The summed E-state index contributed by atoms with van der Waals surface area (Å²) in [7, 11) is 0. The van der Waals surface area contributed by atoms with E-state index in [0.29, 0.717) is 22.8 Å². The van der Waals surface area contributed by atoms with Crippen LogP contribution in [0.25, 0.3) is 10.8 Å². The van der Waals surface area contributed by atoms with Crippen molar-refractivity contribution in [2.75, 3.05) is 11.4 Å². The van der Waals surface area contributed by atoms with Gasteiger partial charge in [0.1, 0.15) is 12.2 Å². The Labute approximate surface area is 220 Å². The Morgan fingerprint density at radius 1 is 1.00 bits per heavy atom. The van der Waals surface area contributed by atoms with Gasteiger partial charge in [-0.1, -0.05) is 74.8 Å². The van der Waals surface area contributed by atoms with Gasteiger partial charge in [0, 0.05) is 29.2 Å². The molecule has 2 N–H and O–H groups in total. The predicted octanol–water partition coefficient (Wildman–Crippen LogP) is 5.16. The number of fused-ring (bicyclic) bond motifs is 2. The molecule has 0 fully saturated rings. The summed E-state index contributed by atoms with van der Waals surface area (Å²) in [5.74, 6) is -3.20. The molecule has 1 aliphatic heterocycles. The quantitative estimate of drug-likeness (QED) is 0.433. The van der Waals surface area contributed by atoms with E-state index < -0.39 is 41.9 Å². The van der Waals surface area contributed by atoms with Crippen LogP contribution in [0.5, 0.6) is 0 Å². The van der Waals surface area contributed by atoms with Gasteiger partial charge in [0.15, 0.2) is 5.78 Å². The SMILES string of the molecule is CC(C)(C)CN1C(=O)C(CC(=O)C(C)(O)C(=O)O)OC(c2cccc3ccccc23)c2cc(Cl)ccc21. The first-order valence-electron chi connectivity index (χ1n) is 12.0. The first-order chi connectivity index (χ1) is 17.3. The standard InChI is InChI=1S/C29H30ClNO6/c1-28(2,3)16-31-22-13-12-18(30)14-21(22)25(20-11-7-9-17-8-5-6-10-19(17)20)37-23(26(31)33)15-24(32)29(4,36)27(34)35/h5-14,23,25,36H,15-16H2,1-4H3,(H,34,35). The Morgan fingerprint density at radius 2 is 1.68 bits per heavy atom. The third-order valence-corrected chi connectivity index (χ3v) is 6.71. The second-order valence-electron chi connectivity index (χ2n) is 10.8. The highest BCUT2D eigenvalue weighted by Crippen LogP contribution is 2.43.